The number of nitrogens with zero attached hydrogens (tertiary/aromatic N) is 1. The Hall–Kier alpha value is -1.77. The molecule has 0 saturated heterocycles. The minimum atomic E-state index is -0.746. The van der Waals surface area contributed by atoms with Crippen molar-refractivity contribution < 1.29 is 9.90 Å². The molecule has 0 aliphatic rings. The number of carboxylic acids is 1. The maximum atomic E-state index is 10.9. The number of hydrogen-bond acceptors (Lipinski definition) is 1. The lowest BCUT2D eigenvalue weighted by Gasteiger charge is -2.18. The van der Waals surface area contributed by atoms with Gasteiger partial charge in [-0.3, -0.25) is 4.79 Å². The summed E-state index contributed by atoms with van der Waals surface area (Å²) in [7, 11) is 0. The van der Waals surface area contributed by atoms with Gasteiger partial charge < -0.3 is 9.67 Å². The van der Waals surface area contributed by atoms with E-state index in [1.54, 1.807) is 0 Å². The van der Waals surface area contributed by atoms with Gasteiger partial charge in [-0.2, -0.15) is 0 Å². The largest absolute Gasteiger partial charge is 0.481 e. The van der Waals surface area contributed by atoms with Gasteiger partial charge in [0.05, 0.1) is 6.42 Å². The molecule has 0 fully saturated rings. The molecule has 1 atom stereocenters. The Labute approximate surface area is 113 Å². The second-order valence-corrected chi connectivity index (χ2v) is 5.54. The fourth-order valence-electron chi connectivity index (χ4n) is 2.74. The van der Waals surface area contributed by atoms with Crippen molar-refractivity contribution in [2.24, 2.45) is 0 Å². The Morgan fingerprint density at radius 3 is 2.58 bits per heavy atom. The first-order chi connectivity index (χ1) is 8.91. The number of aliphatic carboxylic acids is 1. The summed E-state index contributed by atoms with van der Waals surface area (Å²) in [5.74, 6) is -0.725. The summed E-state index contributed by atoms with van der Waals surface area (Å²) in [6.45, 7) is 8.35. The van der Waals surface area contributed by atoms with Crippen LogP contribution < -0.4 is 0 Å². The lowest BCUT2D eigenvalue weighted by molar-refractivity contribution is -0.137. The van der Waals surface area contributed by atoms with Crippen molar-refractivity contribution >= 4 is 16.9 Å². The third kappa shape index (κ3) is 2.50. The van der Waals surface area contributed by atoms with E-state index in [2.05, 4.69) is 49.6 Å². The molecule has 0 spiro atoms. The number of aryl methyl sites for hydroxylation is 1. The molecule has 3 heteroatoms. The summed E-state index contributed by atoms with van der Waals surface area (Å²) in [4.78, 5) is 10.9. The molecule has 3 nitrogen and oxygen atoms in total. The normalized spacial score (nSPS) is 13.1. The zero-order chi connectivity index (χ0) is 14.2. The molecule has 1 heterocycles. The van der Waals surface area contributed by atoms with E-state index in [1.807, 2.05) is 6.92 Å². The van der Waals surface area contributed by atoms with Crippen molar-refractivity contribution in [3.8, 4) is 0 Å². The topological polar surface area (TPSA) is 42.2 Å². The molecule has 1 unspecified atom stereocenters. The van der Waals surface area contributed by atoms with Crippen molar-refractivity contribution in [3.05, 3.63) is 35.5 Å². The van der Waals surface area contributed by atoms with Gasteiger partial charge in [0, 0.05) is 28.6 Å². The third-order valence-corrected chi connectivity index (χ3v) is 3.63. The van der Waals surface area contributed by atoms with Gasteiger partial charge in [-0.25, -0.2) is 0 Å². The fraction of sp³-hybridized carbons (Fsp3) is 0.438. The van der Waals surface area contributed by atoms with E-state index in [4.69, 9.17) is 5.11 Å². The Bertz CT molecular complexity index is 610. The number of benzene rings is 1. The van der Waals surface area contributed by atoms with Gasteiger partial charge in [-0.15, -0.1) is 0 Å². The van der Waals surface area contributed by atoms with Gasteiger partial charge in [0.2, 0.25) is 0 Å². The predicted molar refractivity (Wildman–Crippen MR) is 77.7 cm³/mol. The molecule has 0 bridgehead atoms. The number of carboxylic acid groups (broad SMARTS) is 1. The zero-order valence-electron chi connectivity index (χ0n) is 12.0. The number of carbonyl (C=O) groups is 1. The molecule has 2 aromatic rings. The molecule has 0 amide bonds. The summed E-state index contributed by atoms with van der Waals surface area (Å²) < 4.78 is 2.26. The van der Waals surface area contributed by atoms with Crippen LogP contribution >= 0.6 is 0 Å². The monoisotopic (exact) mass is 259 g/mol. The first-order valence-electron chi connectivity index (χ1n) is 6.74. The maximum Gasteiger partial charge on any atom is 0.304 e. The van der Waals surface area contributed by atoms with Crippen LogP contribution in [0.3, 0.4) is 0 Å². The van der Waals surface area contributed by atoms with E-state index in [9.17, 15) is 4.79 Å². The van der Waals surface area contributed by atoms with Gasteiger partial charge in [-0.05, 0) is 38.5 Å². The fourth-order valence-corrected chi connectivity index (χ4v) is 2.74. The van der Waals surface area contributed by atoms with Crippen molar-refractivity contribution in [3.63, 3.8) is 0 Å². The zero-order valence-corrected chi connectivity index (χ0v) is 12.0. The smallest absolute Gasteiger partial charge is 0.304 e. The maximum absolute atomic E-state index is 10.9. The van der Waals surface area contributed by atoms with E-state index >= 15 is 0 Å². The van der Waals surface area contributed by atoms with E-state index in [0.717, 1.165) is 5.69 Å². The van der Waals surface area contributed by atoms with Gasteiger partial charge in [0.1, 0.15) is 0 Å². The molecular weight excluding hydrogens is 238 g/mol. The first kappa shape index (κ1) is 13.7. The Kier molecular flexibility index (Phi) is 3.65. The molecule has 102 valence electrons. The van der Waals surface area contributed by atoms with Crippen LogP contribution in [0, 0.1) is 6.92 Å². The molecule has 0 aliphatic carbocycles. The molecule has 1 aromatic heterocycles. The number of hydrogen-bond donors (Lipinski definition) is 1. The Balaban J connectivity index is 2.63. The van der Waals surface area contributed by atoms with Crippen molar-refractivity contribution in [2.75, 3.05) is 0 Å². The van der Waals surface area contributed by atoms with Crippen LogP contribution in [0.25, 0.3) is 10.9 Å². The summed E-state index contributed by atoms with van der Waals surface area (Å²) in [5.41, 5.74) is 3.55. The van der Waals surface area contributed by atoms with Crippen molar-refractivity contribution in [1.82, 2.24) is 4.57 Å². The molecule has 1 N–H and O–H groups in total. The van der Waals surface area contributed by atoms with Crippen LogP contribution in [0.1, 0.15) is 50.4 Å². The van der Waals surface area contributed by atoms with Gasteiger partial charge in [0.25, 0.3) is 0 Å². The highest BCUT2D eigenvalue weighted by Crippen LogP contribution is 2.32. The van der Waals surface area contributed by atoms with Crippen LogP contribution in [0.4, 0.5) is 0 Å². The van der Waals surface area contributed by atoms with E-state index in [-0.39, 0.29) is 12.3 Å². The van der Waals surface area contributed by atoms with Gasteiger partial charge >= 0.3 is 5.97 Å². The molecule has 1 aromatic carbocycles. The molecule has 0 saturated carbocycles. The highest BCUT2D eigenvalue weighted by molar-refractivity contribution is 5.85. The second kappa shape index (κ2) is 5.08. The molecule has 0 aliphatic heterocycles. The molecule has 19 heavy (non-hydrogen) atoms. The summed E-state index contributed by atoms with van der Waals surface area (Å²) >= 11 is 0. The van der Waals surface area contributed by atoms with Crippen molar-refractivity contribution in [2.45, 2.75) is 46.1 Å². The molecule has 2 rings (SSSR count). The lowest BCUT2D eigenvalue weighted by Crippen LogP contribution is -2.11. The standard InChI is InChI=1S/C16H21NO2/c1-10(2)17-14-7-5-6-11(3)13(14)9-15(17)12(4)8-16(18)19/h5-7,9-10,12H,8H2,1-4H3,(H,18,19). The molecular formula is C16H21NO2. The average Bonchev–Trinajstić information content (AvgIpc) is 2.68. The first-order valence-corrected chi connectivity index (χ1v) is 6.74. The summed E-state index contributed by atoms with van der Waals surface area (Å²) in [5, 5.41) is 10.2. The lowest BCUT2D eigenvalue weighted by atomic mass is 10.0. The van der Waals surface area contributed by atoms with Crippen LogP contribution in [0.2, 0.25) is 0 Å². The van der Waals surface area contributed by atoms with Crippen LogP contribution in [0.5, 0.6) is 0 Å². The Morgan fingerprint density at radius 1 is 1.32 bits per heavy atom. The Morgan fingerprint density at radius 2 is 2.00 bits per heavy atom. The van der Waals surface area contributed by atoms with E-state index in [1.165, 1.54) is 16.5 Å². The van der Waals surface area contributed by atoms with Gasteiger partial charge in [0.15, 0.2) is 0 Å². The number of fused-ring (bicyclic) bond motifs is 1. The minimum Gasteiger partial charge on any atom is -0.481 e. The van der Waals surface area contributed by atoms with E-state index < -0.39 is 5.97 Å². The van der Waals surface area contributed by atoms with Crippen LogP contribution in [-0.4, -0.2) is 15.6 Å². The second-order valence-electron chi connectivity index (χ2n) is 5.54. The predicted octanol–water partition coefficient (Wildman–Crippen LogP) is 4.11. The number of rotatable bonds is 4. The summed E-state index contributed by atoms with van der Waals surface area (Å²) in [6, 6.07) is 8.74. The van der Waals surface area contributed by atoms with Crippen molar-refractivity contribution in [1.29, 1.82) is 0 Å². The van der Waals surface area contributed by atoms with E-state index in [0.29, 0.717) is 6.04 Å². The quantitative estimate of drug-likeness (QED) is 0.897. The molecule has 0 radical (unpaired) electrons. The number of aromatic nitrogens is 1. The SMILES string of the molecule is Cc1cccc2c1cc(C(C)CC(=O)O)n2C(C)C. The van der Waals surface area contributed by atoms with Crippen LogP contribution in [0.15, 0.2) is 24.3 Å². The third-order valence-electron chi connectivity index (χ3n) is 3.63. The minimum absolute atomic E-state index is 0.0201. The highest BCUT2D eigenvalue weighted by atomic mass is 16.4. The average molecular weight is 259 g/mol. The van der Waals surface area contributed by atoms with Gasteiger partial charge in [-0.1, -0.05) is 19.1 Å². The highest BCUT2D eigenvalue weighted by Gasteiger charge is 2.19. The summed E-state index contributed by atoms with van der Waals surface area (Å²) in [6.07, 6.45) is 0.169. The van der Waals surface area contributed by atoms with Crippen LogP contribution in [-0.2, 0) is 4.79 Å².